The quantitative estimate of drug-likeness (QED) is 0.819. The topological polar surface area (TPSA) is 43.8 Å². The van der Waals surface area contributed by atoms with Crippen molar-refractivity contribution in [2.75, 3.05) is 0 Å². The van der Waals surface area contributed by atoms with Crippen LogP contribution in [0.2, 0.25) is 0 Å². The van der Waals surface area contributed by atoms with Gasteiger partial charge in [-0.25, -0.2) is 0 Å². The molecule has 0 amide bonds. The zero-order valence-corrected chi connectivity index (χ0v) is 8.77. The number of thiocarbonyl (C=S) groups is 1. The average Bonchev–Trinajstić information content (AvgIpc) is 2.48. The zero-order valence-electron chi connectivity index (χ0n) is 7.95. The Morgan fingerprint density at radius 1 is 1.67 bits per heavy atom. The second-order valence-corrected chi connectivity index (χ2v) is 3.72. The standard InChI is InChI=1S/C8H10F3N3S/c1-5(4-7(12)15)14-3-2-6(13-14)8(9,10)11/h2-3,5H,4H2,1H3,(H2,12,15). The summed E-state index contributed by atoms with van der Waals surface area (Å²) in [4.78, 5) is 0.256. The van der Waals surface area contributed by atoms with E-state index in [1.807, 2.05) is 0 Å². The van der Waals surface area contributed by atoms with Gasteiger partial charge >= 0.3 is 6.18 Å². The normalized spacial score (nSPS) is 13.9. The van der Waals surface area contributed by atoms with Gasteiger partial charge in [0.1, 0.15) is 0 Å². The van der Waals surface area contributed by atoms with Crippen molar-refractivity contribution >= 4 is 17.2 Å². The van der Waals surface area contributed by atoms with Crippen LogP contribution in [0.5, 0.6) is 0 Å². The molecule has 2 N–H and O–H groups in total. The van der Waals surface area contributed by atoms with Crippen molar-refractivity contribution in [2.45, 2.75) is 25.6 Å². The Morgan fingerprint density at radius 2 is 2.27 bits per heavy atom. The summed E-state index contributed by atoms with van der Waals surface area (Å²) >= 11 is 4.67. The summed E-state index contributed by atoms with van der Waals surface area (Å²) in [6.45, 7) is 1.70. The summed E-state index contributed by atoms with van der Waals surface area (Å²) in [6, 6.07) is 0.661. The molecule has 0 aromatic carbocycles. The molecule has 0 saturated carbocycles. The van der Waals surface area contributed by atoms with Crippen LogP contribution in [0.4, 0.5) is 13.2 Å². The molecule has 1 unspecified atom stereocenters. The third-order valence-electron chi connectivity index (χ3n) is 1.85. The zero-order chi connectivity index (χ0) is 11.6. The van der Waals surface area contributed by atoms with Crippen LogP contribution in [0.3, 0.4) is 0 Å². The minimum Gasteiger partial charge on any atom is -0.393 e. The molecule has 15 heavy (non-hydrogen) atoms. The molecule has 0 bridgehead atoms. The maximum atomic E-state index is 12.2. The Morgan fingerprint density at radius 3 is 2.67 bits per heavy atom. The van der Waals surface area contributed by atoms with Gasteiger partial charge < -0.3 is 5.73 Å². The highest BCUT2D eigenvalue weighted by atomic mass is 32.1. The van der Waals surface area contributed by atoms with E-state index in [9.17, 15) is 13.2 Å². The van der Waals surface area contributed by atoms with E-state index in [1.54, 1.807) is 6.92 Å². The maximum Gasteiger partial charge on any atom is 0.435 e. The summed E-state index contributed by atoms with van der Waals surface area (Å²) in [6.07, 6.45) is -2.81. The Labute approximate surface area is 90.1 Å². The van der Waals surface area contributed by atoms with Crippen molar-refractivity contribution in [2.24, 2.45) is 5.73 Å². The fourth-order valence-corrected chi connectivity index (χ4v) is 1.36. The van der Waals surface area contributed by atoms with E-state index in [-0.39, 0.29) is 11.0 Å². The van der Waals surface area contributed by atoms with Crippen LogP contribution < -0.4 is 5.73 Å². The molecule has 0 fully saturated rings. The predicted octanol–water partition coefficient (Wildman–Crippen LogP) is 2.14. The van der Waals surface area contributed by atoms with Crippen LogP contribution >= 0.6 is 12.2 Å². The van der Waals surface area contributed by atoms with E-state index in [4.69, 9.17) is 5.73 Å². The molecule has 84 valence electrons. The smallest absolute Gasteiger partial charge is 0.393 e. The van der Waals surface area contributed by atoms with Gasteiger partial charge in [-0.1, -0.05) is 12.2 Å². The van der Waals surface area contributed by atoms with Gasteiger partial charge in [0.15, 0.2) is 5.69 Å². The molecule has 0 radical (unpaired) electrons. The van der Waals surface area contributed by atoms with Gasteiger partial charge in [0, 0.05) is 12.6 Å². The highest BCUT2D eigenvalue weighted by Crippen LogP contribution is 2.28. The first-order valence-electron chi connectivity index (χ1n) is 4.21. The fourth-order valence-electron chi connectivity index (χ4n) is 1.12. The molecule has 1 aromatic rings. The number of hydrogen-bond acceptors (Lipinski definition) is 2. The number of halogens is 3. The van der Waals surface area contributed by atoms with Crippen LogP contribution in [0, 0.1) is 0 Å². The third kappa shape index (κ3) is 3.19. The van der Waals surface area contributed by atoms with Crippen molar-refractivity contribution < 1.29 is 13.2 Å². The minimum absolute atomic E-state index is 0.256. The van der Waals surface area contributed by atoms with Gasteiger partial charge in [0.2, 0.25) is 0 Å². The fraction of sp³-hybridized carbons (Fsp3) is 0.500. The number of aromatic nitrogens is 2. The molecule has 0 saturated heterocycles. The Bertz CT molecular complexity index is 358. The van der Waals surface area contributed by atoms with Gasteiger partial charge in [-0.3, -0.25) is 4.68 Å². The van der Waals surface area contributed by atoms with Crippen LogP contribution in [-0.4, -0.2) is 14.8 Å². The first kappa shape index (κ1) is 12.0. The van der Waals surface area contributed by atoms with Gasteiger partial charge in [0.05, 0.1) is 11.0 Å². The molecule has 0 aliphatic carbocycles. The third-order valence-corrected chi connectivity index (χ3v) is 2.01. The Hall–Kier alpha value is -1.11. The number of nitrogens with two attached hydrogens (primary N) is 1. The van der Waals surface area contributed by atoms with Gasteiger partial charge in [-0.2, -0.15) is 18.3 Å². The molecule has 1 aromatic heterocycles. The van der Waals surface area contributed by atoms with Crippen LogP contribution in [-0.2, 0) is 6.18 Å². The van der Waals surface area contributed by atoms with E-state index in [1.165, 1.54) is 10.9 Å². The van der Waals surface area contributed by atoms with Crippen molar-refractivity contribution in [3.8, 4) is 0 Å². The molecule has 3 nitrogen and oxygen atoms in total. The van der Waals surface area contributed by atoms with Crippen LogP contribution in [0.25, 0.3) is 0 Å². The molecule has 0 spiro atoms. The van der Waals surface area contributed by atoms with Crippen molar-refractivity contribution in [3.63, 3.8) is 0 Å². The molecule has 0 aliphatic heterocycles. The molecular formula is C8H10F3N3S. The number of alkyl halides is 3. The van der Waals surface area contributed by atoms with Gasteiger partial charge in [-0.15, -0.1) is 0 Å². The average molecular weight is 237 g/mol. The summed E-state index contributed by atoms with van der Waals surface area (Å²) < 4.78 is 37.8. The Kier molecular flexibility index (Phi) is 3.33. The van der Waals surface area contributed by atoms with Crippen molar-refractivity contribution in [3.05, 3.63) is 18.0 Å². The lowest BCUT2D eigenvalue weighted by atomic mass is 10.2. The van der Waals surface area contributed by atoms with E-state index < -0.39 is 11.9 Å². The van der Waals surface area contributed by atoms with Crippen LogP contribution in [0.1, 0.15) is 25.1 Å². The minimum atomic E-state index is -4.41. The van der Waals surface area contributed by atoms with Gasteiger partial charge in [-0.05, 0) is 13.0 Å². The van der Waals surface area contributed by atoms with E-state index in [0.29, 0.717) is 6.42 Å². The molecular weight excluding hydrogens is 227 g/mol. The number of hydrogen-bond donors (Lipinski definition) is 1. The predicted molar refractivity (Wildman–Crippen MR) is 53.3 cm³/mol. The summed E-state index contributed by atoms with van der Waals surface area (Å²) in [5, 5.41) is 3.41. The second kappa shape index (κ2) is 4.18. The van der Waals surface area contributed by atoms with E-state index in [0.717, 1.165) is 6.07 Å². The number of nitrogens with zero attached hydrogens (tertiary/aromatic N) is 2. The molecule has 0 aliphatic rings. The lowest BCUT2D eigenvalue weighted by molar-refractivity contribution is -0.141. The van der Waals surface area contributed by atoms with Crippen molar-refractivity contribution in [1.82, 2.24) is 9.78 Å². The SMILES string of the molecule is CC(CC(N)=S)n1ccc(C(F)(F)F)n1. The summed E-state index contributed by atoms with van der Waals surface area (Å²) in [5.74, 6) is 0. The largest absolute Gasteiger partial charge is 0.435 e. The molecule has 1 atom stereocenters. The Balaban J connectivity index is 2.80. The number of rotatable bonds is 3. The summed E-state index contributed by atoms with van der Waals surface area (Å²) in [7, 11) is 0. The van der Waals surface area contributed by atoms with E-state index >= 15 is 0 Å². The lowest BCUT2D eigenvalue weighted by Gasteiger charge is -2.10. The lowest BCUT2D eigenvalue weighted by Crippen LogP contribution is -2.17. The molecule has 7 heteroatoms. The molecule has 1 rings (SSSR count). The monoisotopic (exact) mass is 237 g/mol. The summed E-state index contributed by atoms with van der Waals surface area (Å²) in [5.41, 5.74) is 4.39. The maximum absolute atomic E-state index is 12.2. The molecule has 1 heterocycles. The van der Waals surface area contributed by atoms with Crippen molar-refractivity contribution in [1.29, 1.82) is 0 Å². The first-order chi connectivity index (χ1) is 6.80. The van der Waals surface area contributed by atoms with Gasteiger partial charge in [0.25, 0.3) is 0 Å². The highest BCUT2D eigenvalue weighted by molar-refractivity contribution is 7.80. The van der Waals surface area contributed by atoms with E-state index in [2.05, 4.69) is 17.3 Å². The highest BCUT2D eigenvalue weighted by Gasteiger charge is 2.33. The van der Waals surface area contributed by atoms with Crippen LogP contribution in [0.15, 0.2) is 12.3 Å². The second-order valence-electron chi connectivity index (χ2n) is 3.20. The first-order valence-corrected chi connectivity index (χ1v) is 4.62.